The zero-order chi connectivity index (χ0) is 18.6. The van der Waals surface area contributed by atoms with Crippen LogP contribution in [0.3, 0.4) is 0 Å². The van der Waals surface area contributed by atoms with Crippen molar-refractivity contribution < 1.29 is 4.79 Å². The van der Waals surface area contributed by atoms with Crippen LogP contribution in [-0.4, -0.2) is 41.1 Å². The number of carbonyl (C=O) groups is 1. The Balaban J connectivity index is 1.46. The van der Waals surface area contributed by atoms with E-state index in [2.05, 4.69) is 35.8 Å². The van der Waals surface area contributed by atoms with Crippen molar-refractivity contribution in [3.05, 3.63) is 71.9 Å². The number of pyridine rings is 1. The Kier molecular flexibility index (Phi) is 4.40. The highest BCUT2D eigenvalue weighted by atomic mass is 16.1. The Hall–Kier alpha value is -3.88. The molecule has 0 unspecified atom stereocenters. The SMILES string of the molecule is Cc1nc(-c2ccnc(NC(=O)c3ccc(Cn4ccnn4)cc3)c2)n[nH]1. The van der Waals surface area contributed by atoms with Crippen LogP contribution in [0.2, 0.25) is 0 Å². The quantitative estimate of drug-likeness (QED) is 0.563. The normalized spacial score (nSPS) is 10.7. The maximum Gasteiger partial charge on any atom is 0.256 e. The Morgan fingerprint density at radius 1 is 1.19 bits per heavy atom. The fourth-order valence-electron chi connectivity index (χ4n) is 2.56. The molecule has 2 N–H and O–H groups in total. The molecule has 0 atom stereocenters. The van der Waals surface area contributed by atoms with E-state index in [1.807, 2.05) is 19.1 Å². The highest BCUT2D eigenvalue weighted by molar-refractivity contribution is 6.03. The zero-order valence-corrected chi connectivity index (χ0v) is 14.5. The third-order valence-electron chi connectivity index (χ3n) is 3.89. The van der Waals surface area contributed by atoms with Crippen molar-refractivity contribution in [3.8, 4) is 11.4 Å². The number of aromatic nitrogens is 7. The van der Waals surface area contributed by atoms with E-state index in [1.54, 1.807) is 47.5 Å². The lowest BCUT2D eigenvalue weighted by atomic mass is 10.1. The number of nitrogens with zero attached hydrogens (tertiary/aromatic N) is 6. The average Bonchev–Trinajstić information content (AvgIpc) is 3.34. The molecule has 0 fully saturated rings. The van der Waals surface area contributed by atoms with Crippen molar-refractivity contribution in [2.45, 2.75) is 13.5 Å². The van der Waals surface area contributed by atoms with Gasteiger partial charge in [0.1, 0.15) is 11.6 Å². The Morgan fingerprint density at radius 3 is 2.74 bits per heavy atom. The highest BCUT2D eigenvalue weighted by Gasteiger charge is 2.10. The molecule has 3 heterocycles. The zero-order valence-electron chi connectivity index (χ0n) is 14.5. The molecule has 4 aromatic rings. The molecular weight excluding hydrogens is 344 g/mol. The van der Waals surface area contributed by atoms with Crippen molar-refractivity contribution in [3.63, 3.8) is 0 Å². The third-order valence-corrected chi connectivity index (χ3v) is 3.89. The minimum Gasteiger partial charge on any atom is -0.307 e. The van der Waals surface area contributed by atoms with E-state index in [-0.39, 0.29) is 5.91 Å². The van der Waals surface area contributed by atoms with E-state index >= 15 is 0 Å². The van der Waals surface area contributed by atoms with Crippen LogP contribution >= 0.6 is 0 Å². The summed E-state index contributed by atoms with van der Waals surface area (Å²) in [6.45, 7) is 2.43. The summed E-state index contributed by atoms with van der Waals surface area (Å²) >= 11 is 0. The fourth-order valence-corrected chi connectivity index (χ4v) is 2.56. The highest BCUT2D eigenvalue weighted by Crippen LogP contribution is 2.18. The standard InChI is InChI=1S/C18H16N8O/c1-12-21-17(24-23-12)15-6-7-19-16(10-15)22-18(27)14-4-2-13(3-5-14)11-26-9-8-20-25-26/h2-10H,11H2,1H3,(H,19,22,27)(H,21,23,24). The van der Waals surface area contributed by atoms with Crippen molar-refractivity contribution >= 4 is 11.7 Å². The van der Waals surface area contributed by atoms with Crippen LogP contribution in [-0.2, 0) is 6.54 Å². The number of aromatic amines is 1. The predicted octanol–water partition coefficient (Wildman–Crippen LogP) is 2.07. The van der Waals surface area contributed by atoms with Crippen LogP contribution in [0, 0.1) is 6.92 Å². The Morgan fingerprint density at radius 2 is 2.04 bits per heavy atom. The number of benzene rings is 1. The number of carbonyl (C=O) groups excluding carboxylic acids is 1. The van der Waals surface area contributed by atoms with Gasteiger partial charge in [0.25, 0.3) is 5.91 Å². The van der Waals surface area contributed by atoms with Crippen molar-refractivity contribution in [1.82, 2.24) is 35.2 Å². The summed E-state index contributed by atoms with van der Waals surface area (Å²) in [5.74, 6) is 1.48. The molecule has 0 aliphatic carbocycles. The largest absolute Gasteiger partial charge is 0.307 e. The molecule has 134 valence electrons. The van der Waals surface area contributed by atoms with Crippen LogP contribution in [0.5, 0.6) is 0 Å². The van der Waals surface area contributed by atoms with Crippen molar-refractivity contribution in [2.24, 2.45) is 0 Å². The van der Waals surface area contributed by atoms with Gasteiger partial charge in [0, 0.05) is 23.5 Å². The van der Waals surface area contributed by atoms with Gasteiger partial charge in [0.2, 0.25) is 0 Å². The summed E-state index contributed by atoms with van der Waals surface area (Å²) in [7, 11) is 0. The van der Waals surface area contributed by atoms with Crippen LogP contribution in [0.1, 0.15) is 21.7 Å². The van der Waals surface area contributed by atoms with Gasteiger partial charge in [0.05, 0.1) is 12.7 Å². The number of hydrogen-bond acceptors (Lipinski definition) is 6. The molecule has 1 amide bonds. The van der Waals surface area contributed by atoms with Gasteiger partial charge < -0.3 is 5.32 Å². The number of anilines is 1. The van der Waals surface area contributed by atoms with Gasteiger partial charge in [-0.05, 0) is 36.8 Å². The van der Waals surface area contributed by atoms with E-state index in [0.29, 0.717) is 23.8 Å². The molecule has 0 spiro atoms. The number of nitrogens with one attached hydrogen (secondary N) is 2. The van der Waals surface area contributed by atoms with E-state index in [1.165, 1.54) is 0 Å². The third kappa shape index (κ3) is 3.87. The average molecular weight is 360 g/mol. The lowest BCUT2D eigenvalue weighted by molar-refractivity contribution is 0.102. The van der Waals surface area contributed by atoms with Gasteiger partial charge in [-0.2, -0.15) is 5.10 Å². The smallest absolute Gasteiger partial charge is 0.256 e. The van der Waals surface area contributed by atoms with Crippen molar-refractivity contribution in [2.75, 3.05) is 5.32 Å². The molecule has 27 heavy (non-hydrogen) atoms. The molecule has 0 aliphatic rings. The first-order valence-corrected chi connectivity index (χ1v) is 8.27. The summed E-state index contributed by atoms with van der Waals surface area (Å²) < 4.78 is 1.72. The van der Waals surface area contributed by atoms with Crippen LogP contribution in [0.4, 0.5) is 5.82 Å². The predicted molar refractivity (Wildman–Crippen MR) is 97.9 cm³/mol. The second kappa shape index (κ2) is 7.16. The lowest BCUT2D eigenvalue weighted by Crippen LogP contribution is -2.13. The minimum absolute atomic E-state index is 0.238. The Bertz CT molecular complexity index is 1050. The van der Waals surface area contributed by atoms with Crippen LogP contribution in [0.25, 0.3) is 11.4 Å². The van der Waals surface area contributed by atoms with E-state index in [0.717, 1.165) is 17.0 Å². The van der Waals surface area contributed by atoms with Gasteiger partial charge in [-0.15, -0.1) is 5.10 Å². The van der Waals surface area contributed by atoms with Gasteiger partial charge >= 0.3 is 0 Å². The molecule has 9 nitrogen and oxygen atoms in total. The first kappa shape index (κ1) is 16.6. The van der Waals surface area contributed by atoms with Crippen LogP contribution in [0.15, 0.2) is 55.0 Å². The second-order valence-electron chi connectivity index (χ2n) is 5.93. The molecule has 3 aromatic heterocycles. The molecule has 0 radical (unpaired) electrons. The topological polar surface area (TPSA) is 114 Å². The molecule has 1 aromatic carbocycles. The first-order valence-electron chi connectivity index (χ1n) is 8.27. The molecule has 0 saturated heterocycles. The van der Waals surface area contributed by atoms with E-state index < -0.39 is 0 Å². The van der Waals surface area contributed by atoms with Gasteiger partial charge in [-0.25, -0.2) is 14.6 Å². The second-order valence-corrected chi connectivity index (χ2v) is 5.93. The first-order chi connectivity index (χ1) is 13.2. The van der Waals surface area contributed by atoms with E-state index in [4.69, 9.17) is 0 Å². The molecule has 0 saturated carbocycles. The summed E-state index contributed by atoms with van der Waals surface area (Å²) in [5.41, 5.74) is 2.34. The number of hydrogen-bond donors (Lipinski definition) is 2. The maximum absolute atomic E-state index is 12.5. The van der Waals surface area contributed by atoms with Gasteiger partial charge in [-0.1, -0.05) is 17.3 Å². The summed E-state index contributed by atoms with van der Waals surface area (Å²) in [6.07, 6.45) is 5.02. The lowest BCUT2D eigenvalue weighted by Gasteiger charge is -2.07. The van der Waals surface area contributed by atoms with Crippen molar-refractivity contribution in [1.29, 1.82) is 0 Å². The number of amides is 1. The van der Waals surface area contributed by atoms with Gasteiger partial charge in [0.15, 0.2) is 5.82 Å². The molecular formula is C18H16N8O. The molecule has 9 heteroatoms. The Labute approximate surface area is 154 Å². The number of rotatable bonds is 5. The van der Waals surface area contributed by atoms with Gasteiger partial charge in [-0.3, -0.25) is 9.89 Å². The summed E-state index contributed by atoms with van der Waals surface area (Å²) in [4.78, 5) is 20.9. The maximum atomic E-state index is 12.5. The minimum atomic E-state index is -0.238. The molecule has 0 bridgehead atoms. The number of H-pyrrole nitrogens is 1. The summed E-state index contributed by atoms with van der Waals surface area (Å²) in [6, 6.07) is 10.8. The molecule has 4 rings (SSSR count). The summed E-state index contributed by atoms with van der Waals surface area (Å²) in [5, 5.41) is 17.4. The van der Waals surface area contributed by atoms with E-state index in [9.17, 15) is 4.79 Å². The fraction of sp³-hybridized carbons (Fsp3) is 0.111. The monoisotopic (exact) mass is 360 g/mol. The van der Waals surface area contributed by atoms with Crippen LogP contribution < -0.4 is 5.32 Å². The number of aryl methyl sites for hydroxylation is 1. The molecule has 0 aliphatic heterocycles.